The summed E-state index contributed by atoms with van der Waals surface area (Å²) in [6, 6.07) is 16.4. The van der Waals surface area contributed by atoms with E-state index in [2.05, 4.69) is 51.3 Å². The third-order valence-electron chi connectivity index (χ3n) is 5.18. The van der Waals surface area contributed by atoms with Gasteiger partial charge < -0.3 is 19.4 Å². The van der Waals surface area contributed by atoms with Crippen LogP contribution in [0.15, 0.2) is 48.5 Å². The minimum absolute atomic E-state index is 0.138. The smallest absolute Gasteiger partial charge is 0.161 e. The lowest BCUT2D eigenvalue weighted by Crippen LogP contribution is -2.21. The average molecular weight is 393 g/mol. The van der Waals surface area contributed by atoms with Crippen LogP contribution in [0.3, 0.4) is 0 Å². The van der Waals surface area contributed by atoms with Crippen molar-refractivity contribution in [2.24, 2.45) is 0 Å². The average Bonchev–Trinajstić information content (AvgIpc) is 3.36. The number of hydrogen-bond acceptors (Lipinski definition) is 5. The molecule has 0 fully saturated rings. The van der Waals surface area contributed by atoms with Crippen LogP contribution in [0.25, 0.3) is 0 Å². The van der Waals surface area contributed by atoms with E-state index < -0.39 is 0 Å². The van der Waals surface area contributed by atoms with E-state index in [1.165, 1.54) is 0 Å². The van der Waals surface area contributed by atoms with Crippen molar-refractivity contribution < 1.29 is 9.47 Å². The Kier molecular flexibility index (Phi) is 6.10. The molecule has 2 heterocycles. The maximum atomic E-state index is 6.00. The number of nitrogens with one attached hydrogen (secondary N) is 1. The molecule has 4 rings (SSSR count). The lowest BCUT2D eigenvalue weighted by Gasteiger charge is -2.16. The molecule has 6 heteroatoms. The van der Waals surface area contributed by atoms with Gasteiger partial charge in [0.2, 0.25) is 0 Å². The zero-order valence-corrected chi connectivity index (χ0v) is 17.1. The van der Waals surface area contributed by atoms with Crippen molar-refractivity contribution in [2.45, 2.75) is 52.4 Å². The van der Waals surface area contributed by atoms with E-state index in [0.717, 1.165) is 60.2 Å². The number of aryl methyl sites for hydroxylation is 1. The molecule has 0 bridgehead atoms. The van der Waals surface area contributed by atoms with Crippen molar-refractivity contribution >= 4 is 0 Å². The summed E-state index contributed by atoms with van der Waals surface area (Å²) < 4.78 is 14.1. The van der Waals surface area contributed by atoms with Crippen LogP contribution in [-0.2, 0) is 26.1 Å². The minimum atomic E-state index is 0.138. The monoisotopic (exact) mass is 392 g/mol. The van der Waals surface area contributed by atoms with Gasteiger partial charge in [0.25, 0.3) is 0 Å². The molecule has 2 aromatic carbocycles. The third kappa shape index (κ3) is 4.59. The zero-order chi connectivity index (χ0) is 20.1. The molecule has 29 heavy (non-hydrogen) atoms. The van der Waals surface area contributed by atoms with Crippen molar-refractivity contribution in [2.75, 3.05) is 6.61 Å². The van der Waals surface area contributed by atoms with Crippen LogP contribution in [-0.4, -0.2) is 21.4 Å². The number of benzene rings is 2. The van der Waals surface area contributed by atoms with Gasteiger partial charge in [-0.15, -0.1) is 10.2 Å². The van der Waals surface area contributed by atoms with Gasteiger partial charge in [-0.25, -0.2) is 0 Å². The Morgan fingerprint density at radius 1 is 1.03 bits per heavy atom. The predicted octanol–water partition coefficient (Wildman–Crippen LogP) is 4.05. The fraction of sp³-hybridized carbons (Fsp3) is 0.391. The number of fused-ring (bicyclic) bond motifs is 1. The standard InChI is InChI=1S/C23H28N4O2/c1-3-28-21-14-19(11-12-20(21)29-16-18-8-5-4-6-9-18)15-24-17(2)23-26-25-22-10-7-13-27(22)23/h4-6,8-9,11-12,14,17,24H,3,7,10,13,15-16H2,1-2H3. The molecule has 1 N–H and O–H groups in total. The fourth-order valence-electron chi connectivity index (χ4n) is 3.64. The predicted molar refractivity (Wildman–Crippen MR) is 112 cm³/mol. The lowest BCUT2D eigenvalue weighted by molar-refractivity contribution is 0.269. The summed E-state index contributed by atoms with van der Waals surface area (Å²) in [5.74, 6) is 3.67. The Labute approximate surface area is 171 Å². The summed E-state index contributed by atoms with van der Waals surface area (Å²) in [6.07, 6.45) is 2.19. The van der Waals surface area contributed by atoms with E-state index in [4.69, 9.17) is 9.47 Å². The first kappa shape index (κ1) is 19.5. The molecule has 0 spiro atoms. The summed E-state index contributed by atoms with van der Waals surface area (Å²) in [7, 11) is 0. The molecule has 1 aliphatic heterocycles. The van der Waals surface area contributed by atoms with Gasteiger partial charge in [0, 0.05) is 19.5 Å². The fourth-order valence-corrected chi connectivity index (χ4v) is 3.64. The summed E-state index contributed by atoms with van der Waals surface area (Å²) in [5.41, 5.74) is 2.28. The van der Waals surface area contributed by atoms with Gasteiger partial charge in [-0.05, 0) is 43.5 Å². The normalized spacial score (nSPS) is 13.9. The van der Waals surface area contributed by atoms with Gasteiger partial charge in [0.15, 0.2) is 11.5 Å². The van der Waals surface area contributed by atoms with Crippen LogP contribution >= 0.6 is 0 Å². The molecule has 0 radical (unpaired) electrons. The Bertz CT molecular complexity index is 939. The summed E-state index contributed by atoms with van der Waals surface area (Å²) in [5, 5.41) is 12.2. The highest BCUT2D eigenvalue weighted by Gasteiger charge is 2.21. The molecule has 1 unspecified atom stereocenters. The summed E-state index contributed by atoms with van der Waals surface area (Å²) >= 11 is 0. The second-order valence-corrected chi connectivity index (χ2v) is 7.32. The van der Waals surface area contributed by atoms with Gasteiger partial charge in [0.1, 0.15) is 18.3 Å². The molecule has 0 amide bonds. The molecule has 3 aromatic rings. The lowest BCUT2D eigenvalue weighted by atomic mass is 10.2. The van der Waals surface area contributed by atoms with Crippen molar-refractivity contribution in [3.8, 4) is 11.5 Å². The Balaban J connectivity index is 1.40. The van der Waals surface area contributed by atoms with Gasteiger partial charge in [-0.2, -0.15) is 0 Å². The summed E-state index contributed by atoms with van der Waals surface area (Å²) in [4.78, 5) is 0. The SMILES string of the molecule is CCOc1cc(CNC(C)c2nnc3n2CCC3)ccc1OCc1ccccc1. The largest absolute Gasteiger partial charge is 0.490 e. The highest BCUT2D eigenvalue weighted by Crippen LogP contribution is 2.29. The number of nitrogens with zero attached hydrogens (tertiary/aromatic N) is 3. The Morgan fingerprint density at radius 3 is 2.72 bits per heavy atom. The van der Waals surface area contributed by atoms with E-state index >= 15 is 0 Å². The summed E-state index contributed by atoms with van der Waals surface area (Å²) in [6.45, 7) is 6.98. The first-order valence-electron chi connectivity index (χ1n) is 10.3. The van der Waals surface area contributed by atoms with E-state index in [9.17, 15) is 0 Å². The molecule has 0 aliphatic carbocycles. The van der Waals surface area contributed by atoms with Crippen LogP contribution in [0.4, 0.5) is 0 Å². The number of aromatic nitrogens is 3. The second kappa shape index (κ2) is 9.09. The van der Waals surface area contributed by atoms with E-state index in [1.807, 2.05) is 31.2 Å². The third-order valence-corrected chi connectivity index (χ3v) is 5.18. The highest BCUT2D eigenvalue weighted by molar-refractivity contribution is 5.43. The number of ether oxygens (including phenoxy) is 2. The quantitative estimate of drug-likeness (QED) is 0.595. The van der Waals surface area contributed by atoms with Crippen molar-refractivity contribution in [3.05, 3.63) is 71.3 Å². The zero-order valence-electron chi connectivity index (χ0n) is 17.1. The Morgan fingerprint density at radius 2 is 1.90 bits per heavy atom. The Hall–Kier alpha value is -2.86. The van der Waals surface area contributed by atoms with E-state index in [-0.39, 0.29) is 6.04 Å². The van der Waals surface area contributed by atoms with Gasteiger partial charge in [-0.3, -0.25) is 0 Å². The van der Waals surface area contributed by atoms with Crippen molar-refractivity contribution in [1.82, 2.24) is 20.1 Å². The minimum Gasteiger partial charge on any atom is -0.490 e. The van der Waals surface area contributed by atoms with Gasteiger partial charge in [-0.1, -0.05) is 36.4 Å². The molecule has 1 aromatic heterocycles. The van der Waals surface area contributed by atoms with Crippen LogP contribution in [0.5, 0.6) is 11.5 Å². The maximum Gasteiger partial charge on any atom is 0.161 e. The molecular weight excluding hydrogens is 364 g/mol. The molecule has 6 nitrogen and oxygen atoms in total. The molecule has 0 saturated carbocycles. The molecule has 152 valence electrons. The van der Waals surface area contributed by atoms with Crippen molar-refractivity contribution in [3.63, 3.8) is 0 Å². The van der Waals surface area contributed by atoms with Crippen LogP contribution in [0.1, 0.15) is 49.1 Å². The number of hydrogen-bond donors (Lipinski definition) is 1. The van der Waals surface area contributed by atoms with Gasteiger partial charge in [0.05, 0.1) is 12.6 Å². The van der Waals surface area contributed by atoms with Crippen LogP contribution in [0, 0.1) is 0 Å². The molecular formula is C23H28N4O2. The van der Waals surface area contributed by atoms with Gasteiger partial charge >= 0.3 is 0 Å². The maximum absolute atomic E-state index is 6.00. The van der Waals surface area contributed by atoms with E-state index in [1.54, 1.807) is 0 Å². The van der Waals surface area contributed by atoms with Crippen molar-refractivity contribution in [1.29, 1.82) is 0 Å². The highest BCUT2D eigenvalue weighted by atomic mass is 16.5. The van der Waals surface area contributed by atoms with Crippen LogP contribution in [0.2, 0.25) is 0 Å². The first-order chi connectivity index (χ1) is 14.2. The van der Waals surface area contributed by atoms with Crippen LogP contribution < -0.4 is 14.8 Å². The first-order valence-corrected chi connectivity index (χ1v) is 10.3. The molecule has 1 aliphatic rings. The molecule has 0 saturated heterocycles. The molecule has 1 atom stereocenters. The topological polar surface area (TPSA) is 61.2 Å². The number of rotatable bonds is 9. The van der Waals surface area contributed by atoms with E-state index in [0.29, 0.717) is 13.2 Å². The second-order valence-electron chi connectivity index (χ2n) is 7.32.